The van der Waals surface area contributed by atoms with Crippen molar-refractivity contribution in [1.82, 2.24) is 10.3 Å². The number of thiazole rings is 1. The Bertz CT molecular complexity index is 316. The first-order valence-corrected chi connectivity index (χ1v) is 5.84. The van der Waals surface area contributed by atoms with E-state index in [-0.39, 0.29) is 5.91 Å². The summed E-state index contributed by atoms with van der Waals surface area (Å²) in [6.45, 7) is 5.11. The molecule has 1 aromatic heterocycles. The van der Waals surface area contributed by atoms with Crippen LogP contribution in [0, 0.1) is 13.8 Å². The Labute approximate surface area is 93.9 Å². The van der Waals surface area contributed by atoms with Crippen molar-refractivity contribution in [2.75, 3.05) is 13.1 Å². The second kappa shape index (κ2) is 5.82. The summed E-state index contributed by atoms with van der Waals surface area (Å²) in [7, 11) is 0. The van der Waals surface area contributed by atoms with Crippen molar-refractivity contribution >= 4 is 17.2 Å². The number of rotatable bonds is 5. The molecule has 4 nitrogen and oxygen atoms in total. The van der Waals surface area contributed by atoms with E-state index in [1.165, 1.54) is 4.88 Å². The van der Waals surface area contributed by atoms with Crippen molar-refractivity contribution in [2.45, 2.75) is 26.7 Å². The molecule has 0 aromatic carbocycles. The van der Waals surface area contributed by atoms with Crippen molar-refractivity contribution in [3.8, 4) is 0 Å². The number of amides is 1. The smallest absolute Gasteiger partial charge is 0.221 e. The fraction of sp³-hybridized carbons (Fsp3) is 0.600. The van der Waals surface area contributed by atoms with E-state index >= 15 is 0 Å². The zero-order valence-corrected chi connectivity index (χ0v) is 9.99. The Kier molecular flexibility index (Phi) is 4.71. The lowest BCUT2D eigenvalue weighted by Gasteiger charge is -2.01. The molecule has 0 spiro atoms. The second-order valence-corrected chi connectivity index (χ2v) is 4.68. The molecule has 0 atom stereocenters. The molecular weight excluding hydrogens is 210 g/mol. The summed E-state index contributed by atoms with van der Waals surface area (Å²) in [6, 6.07) is 0. The first-order chi connectivity index (χ1) is 7.13. The Morgan fingerprint density at radius 2 is 2.27 bits per heavy atom. The van der Waals surface area contributed by atoms with Gasteiger partial charge in [-0.1, -0.05) is 0 Å². The number of hydrogen-bond acceptors (Lipinski definition) is 4. The zero-order chi connectivity index (χ0) is 11.3. The number of carbonyl (C=O) groups excluding carboxylic acids is 1. The molecule has 1 rings (SSSR count). The minimum Gasteiger partial charge on any atom is -0.356 e. The summed E-state index contributed by atoms with van der Waals surface area (Å²) in [5.74, 6) is 0.0162. The third kappa shape index (κ3) is 3.97. The van der Waals surface area contributed by atoms with Crippen molar-refractivity contribution in [1.29, 1.82) is 0 Å². The summed E-state index contributed by atoms with van der Waals surface area (Å²) in [4.78, 5) is 16.7. The Hall–Kier alpha value is -0.940. The van der Waals surface area contributed by atoms with E-state index in [0.29, 0.717) is 19.5 Å². The molecule has 3 N–H and O–H groups in total. The predicted molar refractivity (Wildman–Crippen MR) is 62.0 cm³/mol. The molecule has 0 aliphatic heterocycles. The van der Waals surface area contributed by atoms with Crippen LogP contribution in [0.15, 0.2) is 0 Å². The van der Waals surface area contributed by atoms with Gasteiger partial charge in [0.05, 0.1) is 10.7 Å². The number of aryl methyl sites for hydroxylation is 2. The molecule has 0 saturated carbocycles. The molecular formula is C10H17N3OS. The highest BCUT2D eigenvalue weighted by Crippen LogP contribution is 2.16. The van der Waals surface area contributed by atoms with Crippen LogP contribution in [0.1, 0.15) is 22.0 Å². The molecule has 0 aliphatic carbocycles. The Morgan fingerprint density at radius 3 is 2.80 bits per heavy atom. The fourth-order valence-corrected chi connectivity index (χ4v) is 2.11. The van der Waals surface area contributed by atoms with Crippen LogP contribution in [-0.4, -0.2) is 24.0 Å². The lowest BCUT2D eigenvalue weighted by atomic mass is 10.3. The van der Waals surface area contributed by atoms with Crippen LogP contribution in [0.25, 0.3) is 0 Å². The van der Waals surface area contributed by atoms with E-state index < -0.39 is 0 Å². The molecule has 0 aliphatic rings. The van der Waals surface area contributed by atoms with Crippen molar-refractivity contribution in [3.05, 3.63) is 15.6 Å². The van der Waals surface area contributed by atoms with Gasteiger partial charge in [0.15, 0.2) is 0 Å². The zero-order valence-electron chi connectivity index (χ0n) is 9.17. The molecule has 1 aromatic rings. The van der Waals surface area contributed by atoms with Crippen LogP contribution < -0.4 is 11.1 Å². The van der Waals surface area contributed by atoms with Crippen molar-refractivity contribution in [3.63, 3.8) is 0 Å². The van der Waals surface area contributed by atoms with Crippen LogP contribution in [0.3, 0.4) is 0 Å². The van der Waals surface area contributed by atoms with Crippen LogP contribution in [0.2, 0.25) is 0 Å². The fourth-order valence-electron chi connectivity index (χ4n) is 1.17. The average Bonchev–Trinajstić information content (AvgIpc) is 2.46. The number of nitrogens with one attached hydrogen (secondary N) is 1. The molecule has 0 radical (unpaired) electrons. The lowest BCUT2D eigenvalue weighted by Crippen LogP contribution is -2.27. The van der Waals surface area contributed by atoms with Gasteiger partial charge in [0.1, 0.15) is 0 Å². The number of carbonyl (C=O) groups is 1. The van der Waals surface area contributed by atoms with Gasteiger partial charge in [-0.3, -0.25) is 4.79 Å². The maximum absolute atomic E-state index is 11.1. The number of hydrogen-bond donors (Lipinski definition) is 2. The molecule has 0 bridgehead atoms. The quantitative estimate of drug-likeness (QED) is 0.780. The van der Waals surface area contributed by atoms with Gasteiger partial charge in [-0.05, 0) is 13.8 Å². The first-order valence-electron chi connectivity index (χ1n) is 5.03. The maximum Gasteiger partial charge on any atom is 0.221 e. The minimum absolute atomic E-state index is 0.0162. The molecule has 1 heterocycles. The number of aromatic nitrogens is 1. The predicted octanol–water partition coefficient (Wildman–Crippen LogP) is 0.767. The minimum atomic E-state index is 0.0162. The Balaban J connectivity index is 2.28. The molecule has 1 amide bonds. The van der Waals surface area contributed by atoms with Gasteiger partial charge >= 0.3 is 0 Å². The van der Waals surface area contributed by atoms with Gasteiger partial charge < -0.3 is 11.1 Å². The van der Waals surface area contributed by atoms with Crippen LogP contribution in [-0.2, 0) is 11.2 Å². The van der Waals surface area contributed by atoms with E-state index in [4.69, 9.17) is 5.73 Å². The molecule has 84 valence electrons. The van der Waals surface area contributed by atoms with Gasteiger partial charge in [-0.15, -0.1) is 11.3 Å². The van der Waals surface area contributed by atoms with Crippen molar-refractivity contribution in [2.24, 2.45) is 5.73 Å². The SMILES string of the molecule is Cc1nc(CCNC(=O)CCN)sc1C. The third-order valence-corrected chi connectivity index (χ3v) is 3.24. The summed E-state index contributed by atoms with van der Waals surface area (Å²) in [6.07, 6.45) is 1.20. The highest BCUT2D eigenvalue weighted by molar-refractivity contribution is 7.11. The lowest BCUT2D eigenvalue weighted by molar-refractivity contribution is -0.120. The van der Waals surface area contributed by atoms with Crippen LogP contribution in [0.4, 0.5) is 0 Å². The standard InChI is InChI=1S/C10H17N3OS/c1-7-8(2)15-10(13-7)4-6-12-9(14)3-5-11/h3-6,11H2,1-2H3,(H,12,14). The van der Waals surface area contributed by atoms with E-state index in [1.807, 2.05) is 6.92 Å². The molecule has 5 heteroatoms. The summed E-state index contributed by atoms with van der Waals surface area (Å²) >= 11 is 1.69. The van der Waals surface area contributed by atoms with E-state index in [2.05, 4.69) is 17.2 Å². The molecule has 0 fully saturated rings. The number of nitrogens with two attached hydrogens (primary N) is 1. The van der Waals surface area contributed by atoms with Crippen LogP contribution >= 0.6 is 11.3 Å². The summed E-state index contributed by atoms with van der Waals surface area (Å²) in [5, 5.41) is 3.89. The van der Waals surface area contributed by atoms with Crippen LogP contribution in [0.5, 0.6) is 0 Å². The van der Waals surface area contributed by atoms with Gasteiger partial charge in [0.25, 0.3) is 0 Å². The average molecular weight is 227 g/mol. The highest BCUT2D eigenvalue weighted by atomic mass is 32.1. The van der Waals surface area contributed by atoms with Crippen molar-refractivity contribution < 1.29 is 4.79 Å². The Morgan fingerprint density at radius 1 is 1.53 bits per heavy atom. The van der Waals surface area contributed by atoms with Gasteiger partial charge in [-0.2, -0.15) is 0 Å². The summed E-state index contributed by atoms with van der Waals surface area (Å²) in [5.41, 5.74) is 6.35. The second-order valence-electron chi connectivity index (χ2n) is 3.39. The largest absolute Gasteiger partial charge is 0.356 e. The maximum atomic E-state index is 11.1. The first kappa shape index (κ1) is 12.1. The molecule has 0 unspecified atom stereocenters. The normalized spacial score (nSPS) is 10.3. The number of nitrogens with zero attached hydrogens (tertiary/aromatic N) is 1. The molecule has 15 heavy (non-hydrogen) atoms. The van der Waals surface area contributed by atoms with Gasteiger partial charge in [0, 0.05) is 30.8 Å². The third-order valence-electron chi connectivity index (χ3n) is 2.11. The topological polar surface area (TPSA) is 68.0 Å². The van der Waals surface area contributed by atoms with E-state index in [9.17, 15) is 4.79 Å². The van der Waals surface area contributed by atoms with E-state index in [1.54, 1.807) is 11.3 Å². The monoisotopic (exact) mass is 227 g/mol. The van der Waals surface area contributed by atoms with E-state index in [0.717, 1.165) is 17.1 Å². The highest BCUT2D eigenvalue weighted by Gasteiger charge is 2.04. The van der Waals surface area contributed by atoms with Gasteiger partial charge in [0.2, 0.25) is 5.91 Å². The summed E-state index contributed by atoms with van der Waals surface area (Å²) < 4.78 is 0. The molecule has 0 saturated heterocycles. The van der Waals surface area contributed by atoms with Gasteiger partial charge in [-0.25, -0.2) is 4.98 Å².